The normalized spacial score (nSPS) is 12.3. The third kappa shape index (κ3) is 7.83. The maximum absolute atomic E-state index is 13.5. The number of nitrogens with one attached hydrogen (secondary N) is 1. The van der Waals surface area contributed by atoms with Crippen LogP contribution in [-0.4, -0.2) is 50.5 Å². The Morgan fingerprint density at radius 3 is 2.26 bits per heavy atom. The number of anilines is 1. The molecule has 0 fully saturated rings. The molecule has 9 heteroatoms. The zero-order valence-electron chi connectivity index (χ0n) is 20.4. The number of hydrogen-bond donors (Lipinski definition) is 1. The first kappa shape index (κ1) is 27.3. The van der Waals surface area contributed by atoms with Crippen molar-refractivity contribution in [3.8, 4) is 0 Å². The van der Waals surface area contributed by atoms with Crippen molar-refractivity contribution in [2.45, 2.75) is 46.7 Å². The second-order valence-electron chi connectivity index (χ2n) is 8.82. The van der Waals surface area contributed by atoms with Crippen molar-refractivity contribution in [1.29, 1.82) is 0 Å². The number of benzene rings is 2. The van der Waals surface area contributed by atoms with E-state index in [0.29, 0.717) is 24.2 Å². The van der Waals surface area contributed by atoms with Crippen molar-refractivity contribution in [3.63, 3.8) is 0 Å². The topological polar surface area (TPSA) is 86.8 Å². The van der Waals surface area contributed by atoms with Crippen LogP contribution in [0.1, 0.15) is 38.3 Å². The lowest BCUT2D eigenvalue weighted by Crippen LogP contribution is -2.52. The highest BCUT2D eigenvalue weighted by atomic mass is 32.2. The van der Waals surface area contributed by atoms with E-state index in [-0.39, 0.29) is 18.4 Å². The molecule has 0 saturated heterocycles. The molecular formula is C25H34FN3O4S. The molecule has 1 N–H and O–H groups in total. The summed E-state index contributed by atoms with van der Waals surface area (Å²) in [5, 5.41) is 2.86. The first-order valence-corrected chi connectivity index (χ1v) is 13.1. The van der Waals surface area contributed by atoms with Crippen molar-refractivity contribution in [1.82, 2.24) is 10.2 Å². The van der Waals surface area contributed by atoms with Gasteiger partial charge in [0.2, 0.25) is 21.8 Å². The van der Waals surface area contributed by atoms with Gasteiger partial charge in [0.1, 0.15) is 18.4 Å². The first-order valence-electron chi connectivity index (χ1n) is 11.3. The number of amides is 2. The van der Waals surface area contributed by atoms with Crippen LogP contribution in [0.25, 0.3) is 0 Å². The number of carbonyl (C=O) groups is 2. The average molecular weight is 492 g/mol. The summed E-state index contributed by atoms with van der Waals surface area (Å²) in [6.45, 7) is 7.59. The summed E-state index contributed by atoms with van der Waals surface area (Å²) >= 11 is 0. The average Bonchev–Trinajstić information content (AvgIpc) is 2.76. The Morgan fingerprint density at radius 2 is 1.74 bits per heavy atom. The lowest BCUT2D eigenvalue weighted by atomic mass is 10.1. The van der Waals surface area contributed by atoms with E-state index in [1.807, 2.05) is 26.8 Å². The Morgan fingerprint density at radius 1 is 1.09 bits per heavy atom. The third-order valence-electron chi connectivity index (χ3n) is 5.31. The van der Waals surface area contributed by atoms with Gasteiger partial charge in [-0.1, -0.05) is 45.0 Å². The number of nitrogens with zero attached hydrogens (tertiary/aromatic N) is 2. The van der Waals surface area contributed by atoms with E-state index in [1.54, 1.807) is 37.3 Å². The van der Waals surface area contributed by atoms with Crippen LogP contribution >= 0.6 is 0 Å². The number of aryl methyl sites for hydroxylation is 1. The molecule has 0 unspecified atom stereocenters. The molecule has 2 aromatic rings. The minimum atomic E-state index is -3.78. The molecule has 34 heavy (non-hydrogen) atoms. The molecule has 0 aromatic heterocycles. The lowest BCUT2D eigenvalue weighted by Gasteiger charge is -2.33. The van der Waals surface area contributed by atoms with Gasteiger partial charge in [-0.25, -0.2) is 12.8 Å². The molecule has 0 aliphatic rings. The number of sulfonamides is 1. The summed E-state index contributed by atoms with van der Waals surface area (Å²) in [5.74, 6) is -1.02. The van der Waals surface area contributed by atoms with Crippen molar-refractivity contribution >= 4 is 27.5 Å². The summed E-state index contributed by atoms with van der Waals surface area (Å²) in [6, 6.07) is 11.7. The fraction of sp³-hybridized carbons (Fsp3) is 0.440. The molecule has 2 aromatic carbocycles. The molecule has 0 spiro atoms. The van der Waals surface area contributed by atoms with Crippen LogP contribution < -0.4 is 9.62 Å². The molecule has 7 nitrogen and oxygen atoms in total. The molecular weight excluding hydrogens is 457 g/mol. The molecule has 0 bridgehead atoms. The molecule has 2 rings (SSSR count). The predicted molar refractivity (Wildman–Crippen MR) is 132 cm³/mol. The SMILES string of the molecule is CC[C@@H](C(=O)NCC(C)C)N(Cc1ccc(F)cc1)C(=O)CN(c1cccc(C)c1)S(C)(=O)=O. The van der Waals surface area contributed by atoms with Crippen LogP contribution in [-0.2, 0) is 26.2 Å². The zero-order chi connectivity index (χ0) is 25.5. The summed E-state index contributed by atoms with van der Waals surface area (Å²) in [7, 11) is -3.78. The van der Waals surface area contributed by atoms with Gasteiger partial charge >= 0.3 is 0 Å². The van der Waals surface area contributed by atoms with Crippen molar-refractivity contribution in [2.75, 3.05) is 23.7 Å². The molecule has 0 aliphatic carbocycles. The summed E-state index contributed by atoms with van der Waals surface area (Å²) in [6.07, 6.45) is 1.37. The van der Waals surface area contributed by atoms with Gasteiger partial charge < -0.3 is 10.2 Å². The quantitative estimate of drug-likeness (QED) is 0.521. The van der Waals surface area contributed by atoms with Crippen LogP contribution in [0, 0.1) is 18.7 Å². The van der Waals surface area contributed by atoms with Gasteiger partial charge in [-0.05, 0) is 54.7 Å². The van der Waals surface area contributed by atoms with Crippen molar-refractivity contribution in [2.24, 2.45) is 5.92 Å². The minimum absolute atomic E-state index is 0.0398. The monoisotopic (exact) mass is 491 g/mol. The van der Waals surface area contributed by atoms with Crippen molar-refractivity contribution in [3.05, 3.63) is 65.5 Å². The van der Waals surface area contributed by atoms with E-state index in [0.717, 1.165) is 16.1 Å². The van der Waals surface area contributed by atoms with Crippen LogP contribution in [0.2, 0.25) is 0 Å². The first-order chi connectivity index (χ1) is 15.9. The van der Waals surface area contributed by atoms with E-state index in [2.05, 4.69) is 5.32 Å². The predicted octanol–water partition coefficient (Wildman–Crippen LogP) is 3.48. The van der Waals surface area contributed by atoms with Gasteiger partial charge in [0.15, 0.2) is 0 Å². The molecule has 2 amide bonds. The van der Waals surface area contributed by atoms with Gasteiger partial charge in [-0.3, -0.25) is 13.9 Å². The molecule has 0 saturated carbocycles. The Labute approximate surface area is 202 Å². The van der Waals surface area contributed by atoms with Crippen LogP contribution in [0.15, 0.2) is 48.5 Å². The van der Waals surface area contributed by atoms with E-state index in [1.165, 1.54) is 17.0 Å². The number of carbonyl (C=O) groups excluding carboxylic acids is 2. The van der Waals surface area contributed by atoms with E-state index in [4.69, 9.17) is 0 Å². The molecule has 186 valence electrons. The highest BCUT2D eigenvalue weighted by Crippen LogP contribution is 2.21. The van der Waals surface area contributed by atoms with Crippen molar-refractivity contribution < 1.29 is 22.4 Å². The maximum atomic E-state index is 13.5. The molecule has 1 atom stereocenters. The van der Waals surface area contributed by atoms with E-state index in [9.17, 15) is 22.4 Å². The van der Waals surface area contributed by atoms with Gasteiger partial charge in [0, 0.05) is 13.1 Å². The fourth-order valence-corrected chi connectivity index (χ4v) is 4.37. The van der Waals surface area contributed by atoms with E-state index >= 15 is 0 Å². The van der Waals surface area contributed by atoms with Crippen LogP contribution in [0.4, 0.5) is 10.1 Å². The number of halogens is 1. The lowest BCUT2D eigenvalue weighted by molar-refractivity contribution is -0.140. The summed E-state index contributed by atoms with van der Waals surface area (Å²) < 4.78 is 39.6. The summed E-state index contributed by atoms with van der Waals surface area (Å²) in [4.78, 5) is 27.9. The highest BCUT2D eigenvalue weighted by molar-refractivity contribution is 7.92. The fourth-order valence-electron chi connectivity index (χ4n) is 3.53. The zero-order valence-corrected chi connectivity index (χ0v) is 21.2. The van der Waals surface area contributed by atoms with Gasteiger partial charge in [0.05, 0.1) is 11.9 Å². The smallest absolute Gasteiger partial charge is 0.244 e. The Hall–Kier alpha value is -2.94. The minimum Gasteiger partial charge on any atom is -0.354 e. The largest absolute Gasteiger partial charge is 0.354 e. The Kier molecular flexibility index (Phi) is 9.61. The van der Waals surface area contributed by atoms with Crippen LogP contribution in [0.3, 0.4) is 0 Å². The number of rotatable bonds is 11. The highest BCUT2D eigenvalue weighted by Gasteiger charge is 2.31. The standard InChI is InChI=1S/C25H34FN3O4S/c1-6-23(25(31)27-15-18(2)3)28(16-20-10-12-21(26)13-11-20)24(30)17-29(34(5,32)33)22-9-7-8-19(4)14-22/h7-14,18,23H,6,15-17H2,1-5H3,(H,27,31)/t23-/m0/s1. The second kappa shape index (κ2) is 12.0. The van der Waals surface area contributed by atoms with Crippen LogP contribution in [0.5, 0.6) is 0 Å². The Bertz CT molecular complexity index is 1090. The molecule has 0 aliphatic heterocycles. The maximum Gasteiger partial charge on any atom is 0.244 e. The second-order valence-corrected chi connectivity index (χ2v) is 10.7. The molecule has 0 radical (unpaired) electrons. The van der Waals surface area contributed by atoms with E-state index < -0.39 is 34.3 Å². The van der Waals surface area contributed by atoms with Gasteiger partial charge in [-0.15, -0.1) is 0 Å². The van der Waals surface area contributed by atoms with Gasteiger partial charge in [0.25, 0.3) is 0 Å². The Balaban J connectivity index is 2.41. The third-order valence-corrected chi connectivity index (χ3v) is 6.45. The van der Waals surface area contributed by atoms with Gasteiger partial charge in [-0.2, -0.15) is 0 Å². The molecule has 0 heterocycles. The summed E-state index contributed by atoms with van der Waals surface area (Å²) in [5.41, 5.74) is 1.85. The number of hydrogen-bond acceptors (Lipinski definition) is 4.